The second-order valence-corrected chi connectivity index (χ2v) is 7.57. The van der Waals surface area contributed by atoms with Crippen molar-refractivity contribution < 1.29 is 14.6 Å². The van der Waals surface area contributed by atoms with Crippen molar-refractivity contribution in [3.8, 4) is 17.1 Å². The average Bonchev–Trinajstić information content (AvgIpc) is 3.21. The Kier molecular flexibility index (Phi) is 6.00. The Morgan fingerprint density at radius 2 is 1.77 bits per heavy atom. The van der Waals surface area contributed by atoms with Crippen LogP contribution in [0.4, 0.5) is 5.69 Å². The van der Waals surface area contributed by atoms with Crippen LogP contribution < -0.4 is 9.64 Å². The van der Waals surface area contributed by atoms with Gasteiger partial charge in [0.2, 0.25) is 0 Å². The molecule has 158 valence electrons. The largest absolute Gasteiger partial charge is 0.491 e. The van der Waals surface area contributed by atoms with E-state index in [-0.39, 0.29) is 19.0 Å². The number of aromatic amines is 1. The van der Waals surface area contributed by atoms with E-state index in [2.05, 4.69) is 9.97 Å². The lowest BCUT2D eigenvalue weighted by Crippen LogP contribution is -2.09. The van der Waals surface area contributed by atoms with Crippen molar-refractivity contribution in [1.82, 2.24) is 9.97 Å². The van der Waals surface area contributed by atoms with Crippen LogP contribution in [0.1, 0.15) is 15.9 Å². The number of carbonyl (C=O) groups excluding carboxylic acids is 1. The summed E-state index contributed by atoms with van der Waals surface area (Å²) in [6, 6.07) is 21.1. The summed E-state index contributed by atoms with van der Waals surface area (Å²) in [5.41, 5.74) is 5.39. The van der Waals surface area contributed by atoms with Gasteiger partial charge in [-0.2, -0.15) is 0 Å². The Labute approximate surface area is 181 Å². The lowest BCUT2D eigenvalue weighted by atomic mass is 10.0. The van der Waals surface area contributed by atoms with Crippen LogP contribution in [0, 0.1) is 0 Å². The number of aromatic nitrogens is 2. The number of aliphatic hydroxyl groups is 1. The number of ketones is 1. The van der Waals surface area contributed by atoms with Gasteiger partial charge < -0.3 is 19.7 Å². The molecule has 0 saturated carbocycles. The van der Waals surface area contributed by atoms with Crippen LogP contribution in [-0.4, -0.2) is 48.2 Å². The van der Waals surface area contributed by atoms with Crippen molar-refractivity contribution in [2.75, 3.05) is 32.2 Å². The number of H-pyrrole nitrogens is 1. The molecule has 4 rings (SSSR count). The molecule has 6 nitrogen and oxygen atoms in total. The third-order valence-electron chi connectivity index (χ3n) is 5.10. The summed E-state index contributed by atoms with van der Waals surface area (Å²) in [4.78, 5) is 22.7. The van der Waals surface area contributed by atoms with Gasteiger partial charge in [-0.25, -0.2) is 4.98 Å². The molecule has 0 aliphatic heterocycles. The van der Waals surface area contributed by atoms with E-state index in [1.807, 2.05) is 85.7 Å². The number of aliphatic hydroxyl groups excluding tert-OH is 1. The summed E-state index contributed by atoms with van der Waals surface area (Å²) >= 11 is 0. The number of fused-ring (bicyclic) bond motifs is 1. The highest BCUT2D eigenvalue weighted by atomic mass is 16.5. The standard InChI is InChI=1S/C25H25N3O3/c1-28(2)20-8-4-18(5-9-20)24(30)16-17-3-12-22-23(15-17)27-25(26-22)19-6-10-21(11-7-19)31-14-13-29/h3-12,15,29H,13-14,16H2,1-2H3,(H,26,27). The zero-order valence-corrected chi connectivity index (χ0v) is 17.6. The molecule has 0 atom stereocenters. The molecule has 0 aliphatic carbocycles. The minimum atomic E-state index is -0.0163. The lowest BCUT2D eigenvalue weighted by Gasteiger charge is -2.12. The molecule has 0 unspecified atom stereocenters. The van der Waals surface area contributed by atoms with E-state index in [0.29, 0.717) is 17.7 Å². The maximum atomic E-state index is 12.7. The topological polar surface area (TPSA) is 78.5 Å². The van der Waals surface area contributed by atoms with Crippen molar-refractivity contribution >= 4 is 22.5 Å². The number of anilines is 1. The Morgan fingerprint density at radius 3 is 2.45 bits per heavy atom. The Hall–Kier alpha value is -3.64. The number of ether oxygens (including phenoxy) is 1. The number of carbonyl (C=O) groups is 1. The van der Waals surface area contributed by atoms with E-state index in [1.165, 1.54) is 0 Å². The van der Waals surface area contributed by atoms with E-state index in [1.54, 1.807) is 0 Å². The zero-order valence-electron chi connectivity index (χ0n) is 17.6. The first kappa shape index (κ1) is 20.6. The summed E-state index contributed by atoms with van der Waals surface area (Å²) in [6.45, 7) is 0.253. The van der Waals surface area contributed by atoms with Gasteiger partial charge in [0.25, 0.3) is 0 Å². The molecule has 31 heavy (non-hydrogen) atoms. The Balaban J connectivity index is 1.50. The molecule has 0 saturated heterocycles. The monoisotopic (exact) mass is 415 g/mol. The molecule has 6 heteroatoms. The minimum Gasteiger partial charge on any atom is -0.491 e. The molecule has 0 bridgehead atoms. The molecule has 0 radical (unpaired) electrons. The van der Waals surface area contributed by atoms with Gasteiger partial charge in [0.05, 0.1) is 17.6 Å². The quantitative estimate of drug-likeness (QED) is 0.424. The van der Waals surface area contributed by atoms with E-state index in [0.717, 1.165) is 33.7 Å². The SMILES string of the molecule is CN(C)c1ccc(C(=O)Cc2ccc3nc(-c4ccc(OCCO)cc4)[nH]c3c2)cc1. The van der Waals surface area contributed by atoms with Gasteiger partial charge in [-0.1, -0.05) is 6.07 Å². The van der Waals surface area contributed by atoms with Crippen molar-refractivity contribution in [2.45, 2.75) is 6.42 Å². The van der Waals surface area contributed by atoms with E-state index >= 15 is 0 Å². The van der Waals surface area contributed by atoms with Crippen molar-refractivity contribution in [1.29, 1.82) is 0 Å². The van der Waals surface area contributed by atoms with Crippen LogP contribution in [0.15, 0.2) is 66.7 Å². The zero-order chi connectivity index (χ0) is 21.8. The van der Waals surface area contributed by atoms with Crippen LogP contribution in [0.2, 0.25) is 0 Å². The fourth-order valence-electron chi connectivity index (χ4n) is 3.41. The van der Waals surface area contributed by atoms with Crippen LogP contribution in [0.3, 0.4) is 0 Å². The molecule has 1 heterocycles. The van der Waals surface area contributed by atoms with Crippen molar-refractivity contribution in [2.24, 2.45) is 0 Å². The number of benzene rings is 3. The molecule has 0 spiro atoms. The van der Waals surface area contributed by atoms with Crippen molar-refractivity contribution in [3.63, 3.8) is 0 Å². The first-order valence-electron chi connectivity index (χ1n) is 10.2. The molecule has 0 amide bonds. The highest BCUT2D eigenvalue weighted by Gasteiger charge is 2.11. The molecule has 2 N–H and O–H groups in total. The number of nitrogens with zero attached hydrogens (tertiary/aromatic N) is 2. The molecular weight excluding hydrogens is 390 g/mol. The summed E-state index contributed by atoms with van der Waals surface area (Å²) in [6.07, 6.45) is 0.336. The molecule has 4 aromatic rings. The Morgan fingerprint density at radius 1 is 1.03 bits per heavy atom. The van der Waals surface area contributed by atoms with Gasteiger partial charge >= 0.3 is 0 Å². The van der Waals surface area contributed by atoms with Crippen LogP contribution in [0.5, 0.6) is 5.75 Å². The first-order valence-corrected chi connectivity index (χ1v) is 10.2. The number of rotatable bonds is 8. The summed E-state index contributed by atoms with van der Waals surface area (Å²) < 4.78 is 5.40. The molecule has 3 aromatic carbocycles. The van der Waals surface area contributed by atoms with Gasteiger partial charge in [-0.3, -0.25) is 4.79 Å². The number of hydrogen-bond donors (Lipinski definition) is 2. The van der Waals surface area contributed by atoms with Crippen LogP contribution >= 0.6 is 0 Å². The number of nitrogens with one attached hydrogen (secondary N) is 1. The summed E-state index contributed by atoms with van der Waals surface area (Å²) in [7, 11) is 3.95. The van der Waals surface area contributed by atoms with Gasteiger partial charge in [0, 0.05) is 37.3 Å². The van der Waals surface area contributed by atoms with Crippen LogP contribution in [0.25, 0.3) is 22.4 Å². The fourth-order valence-corrected chi connectivity index (χ4v) is 3.41. The number of hydrogen-bond acceptors (Lipinski definition) is 5. The summed E-state index contributed by atoms with van der Waals surface area (Å²) in [5, 5.41) is 8.85. The fraction of sp³-hybridized carbons (Fsp3) is 0.200. The Bertz CT molecular complexity index is 1180. The number of imidazole rings is 1. The average molecular weight is 415 g/mol. The second kappa shape index (κ2) is 9.02. The van der Waals surface area contributed by atoms with Crippen molar-refractivity contribution in [3.05, 3.63) is 77.9 Å². The van der Waals surface area contributed by atoms with E-state index in [9.17, 15) is 4.79 Å². The molecule has 1 aromatic heterocycles. The van der Waals surface area contributed by atoms with Gasteiger partial charge in [-0.05, 0) is 66.2 Å². The normalized spacial score (nSPS) is 10.9. The van der Waals surface area contributed by atoms with Gasteiger partial charge in [0.1, 0.15) is 18.2 Å². The molecule has 0 aliphatic rings. The first-order chi connectivity index (χ1) is 15.0. The highest BCUT2D eigenvalue weighted by Crippen LogP contribution is 2.24. The third kappa shape index (κ3) is 4.75. The molecular formula is C25H25N3O3. The summed E-state index contributed by atoms with van der Waals surface area (Å²) in [5.74, 6) is 1.54. The second-order valence-electron chi connectivity index (χ2n) is 7.57. The predicted octanol–water partition coefficient (Wildman–Crippen LogP) is 4.09. The van der Waals surface area contributed by atoms with E-state index < -0.39 is 0 Å². The maximum absolute atomic E-state index is 12.7. The smallest absolute Gasteiger partial charge is 0.167 e. The lowest BCUT2D eigenvalue weighted by molar-refractivity contribution is 0.0993. The minimum absolute atomic E-state index is 0.0163. The predicted molar refractivity (Wildman–Crippen MR) is 123 cm³/mol. The van der Waals surface area contributed by atoms with E-state index in [4.69, 9.17) is 9.84 Å². The molecule has 0 fully saturated rings. The maximum Gasteiger partial charge on any atom is 0.167 e. The van der Waals surface area contributed by atoms with Crippen LogP contribution in [-0.2, 0) is 6.42 Å². The van der Waals surface area contributed by atoms with Gasteiger partial charge in [-0.15, -0.1) is 0 Å². The highest BCUT2D eigenvalue weighted by molar-refractivity contribution is 5.98. The van der Waals surface area contributed by atoms with Gasteiger partial charge in [0.15, 0.2) is 5.78 Å². The number of Topliss-reactive ketones (excluding diaryl/α,β-unsaturated/α-hetero) is 1. The third-order valence-corrected chi connectivity index (χ3v) is 5.10.